The Bertz CT molecular complexity index is 211. The summed E-state index contributed by atoms with van der Waals surface area (Å²) < 4.78 is 15.7. The molecular formula is C13H25NO3. The molecule has 0 bridgehead atoms. The van der Waals surface area contributed by atoms with Gasteiger partial charge in [-0.3, -0.25) is 0 Å². The Morgan fingerprint density at radius 2 is 1.53 bits per heavy atom. The van der Waals surface area contributed by atoms with Gasteiger partial charge in [-0.2, -0.15) is 5.26 Å². The highest BCUT2D eigenvalue weighted by atomic mass is 16.5. The molecule has 4 nitrogen and oxygen atoms in total. The van der Waals surface area contributed by atoms with Gasteiger partial charge >= 0.3 is 0 Å². The van der Waals surface area contributed by atoms with Gasteiger partial charge in [0.05, 0.1) is 24.7 Å². The summed E-state index contributed by atoms with van der Waals surface area (Å²) in [6, 6.07) is 2.28. The van der Waals surface area contributed by atoms with Crippen LogP contribution < -0.4 is 0 Å². The molecule has 0 aliphatic rings. The zero-order chi connectivity index (χ0) is 13.0. The highest BCUT2D eigenvalue weighted by Gasteiger charge is 2.15. The van der Waals surface area contributed by atoms with E-state index in [0.29, 0.717) is 19.8 Å². The number of nitriles is 1. The number of hydrogen-bond donors (Lipinski definition) is 0. The van der Waals surface area contributed by atoms with Crippen LogP contribution in [0.2, 0.25) is 0 Å². The predicted molar refractivity (Wildman–Crippen MR) is 66.8 cm³/mol. The number of rotatable bonds is 11. The Labute approximate surface area is 105 Å². The lowest BCUT2D eigenvalue weighted by Crippen LogP contribution is -2.11. The zero-order valence-corrected chi connectivity index (χ0v) is 11.3. The molecule has 0 amide bonds. The summed E-state index contributed by atoms with van der Waals surface area (Å²) in [6.07, 6.45) is 2.72. The Morgan fingerprint density at radius 3 is 2.06 bits per heavy atom. The van der Waals surface area contributed by atoms with Gasteiger partial charge in [0.2, 0.25) is 0 Å². The summed E-state index contributed by atoms with van der Waals surface area (Å²) >= 11 is 0. The second-order valence-electron chi connectivity index (χ2n) is 4.67. The minimum Gasteiger partial charge on any atom is -0.385 e. The van der Waals surface area contributed by atoms with E-state index in [9.17, 15) is 0 Å². The van der Waals surface area contributed by atoms with Crippen LogP contribution in [0.3, 0.4) is 0 Å². The van der Waals surface area contributed by atoms with E-state index in [0.717, 1.165) is 32.5 Å². The van der Waals surface area contributed by atoms with Crippen molar-refractivity contribution in [2.24, 2.45) is 5.41 Å². The van der Waals surface area contributed by atoms with Crippen molar-refractivity contribution in [3.05, 3.63) is 0 Å². The molecule has 4 heteroatoms. The van der Waals surface area contributed by atoms with Crippen molar-refractivity contribution in [1.29, 1.82) is 5.26 Å². The van der Waals surface area contributed by atoms with E-state index in [1.165, 1.54) is 0 Å². The smallest absolute Gasteiger partial charge is 0.0700 e. The van der Waals surface area contributed by atoms with E-state index in [1.54, 1.807) is 7.11 Å². The third-order valence-electron chi connectivity index (χ3n) is 2.40. The largest absolute Gasteiger partial charge is 0.385 e. The highest BCUT2D eigenvalue weighted by Crippen LogP contribution is 2.20. The Kier molecular flexibility index (Phi) is 10.1. The van der Waals surface area contributed by atoms with Crippen molar-refractivity contribution in [3.63, 3.8) is 0 Å². The summed E-state index contributed by atoms with van der Waals surface area (Å²) in [5.74, 6) is 0. The van der Waals surface area contributed by atoms with Crippen molar-refractivity contribution >= 4 is 0 Å². The van der Waals surface area contributed by atoms with Crippen LogP contribution in [0.15, 0.2) is 0 Å². The molecule has 0 unspecified atom stereocenters. The van der Waals surface area contributed by atoms with Crippen molar-refractivity contribution in [2.75, 3.05) is 40.1 Å². The van der Waals surface area contributed by atoms with Crippen molar-refractivity contribution in [2.45, 2.75) is 33.1 Å². The molecule has 0 aromatic carbocycles. The molecule has 100 valence electrons. The Morgan fingerprint density at radius 1 is 0.941 bits per heavy atom. The number of ether oxygens (including phenoxy) is 3. The summed E-state index contributed by atoms with van der Waals surface area (Å²) in [5.41, 5.74) is -0.236. The molecule has 0 spiro atoms. The molecule has 0 rings (SSSR count). The lowest BCUT2D eigenvalue weighted by Gasteiger charge is -2.14. The van der Waals surface area contributed by atoms with Gasteiger partial charge in [-0.25, -0.2) is 0 Å². The molecule has 0 heterocycles. The third kappa shape index (κ3) is 11.6. The lowest BCUT2D eigenvalue weighted by atomic mass is 9.90. The van der Waals surface area contributed by atoms with Crippen LogP contribution in [0.5, 0.6) is 0 Å². The van der Waals surface area contributed by atoms with Crippen LogP contribution in [0.1, 0.15) is 33.1 Å². The minimum atomic E-state index is -0.236. The molecule has 0 N–H and O–H groups in total. The molecular weight excluding hydrogens is 218 g/mol. The third-order valence-corrected chi connectivity index (χ3v) is 2.40. The van der Waals surface area contributed by atoms with Crippen LogP contribution >= 0.6 is 0 Å². The van der Waals surface area contributed by atoms with E-state index in [1.807, 2.05) is 13.8 Å². The molecule has 0 aliphatic carbocycles. The van der Waals surface area contributed by atoms with Crippen molar-refractivity contribution in [3.8, 4) is 6.07 Å². The first-order chi connectivity index (χ1) is 8.12. The molecule has 0 saturated heterocycles. The Balaban J connectivity index is 3.12. The number of hydrogen-bond acceptors (Lipinski definition) is 4. The van der Waals surface area contributed by atoms with E-state index in [2.05, 4.69) is 6.07 Å². The van der Waals surface area contributed by atoms with Gasteiger partial charge in [-0.05, 0) is 33.1 Å². The summed E-state index contributed by atoms with van der Waals surface area (Å²) in [4.78, 5) is 0. The summed E-state index contributed by atoms with van der Waals surface area (Å²) in [7, 11) is 1.69. The standard InChI is InChI=1S/C13H25NO3/c1-13(2,12-14)6-4-8-16-10-11-17-9-5-7-15-3/h4-11H2,1-3H3. The maximum atomic E-state index is 8.82. The highest BCUT2D eigenvalue weighted by molar-refractivity contribution is 4.91. The second-order valence-corrected chi connectivity index (χ2v) is 4.67. The molecule has 0 aromatic heterocycles. The maximum Gasteiger partial charge on any atom is 0.0700 e. The molecule has 0 aliphatic heterocycles. The number of nitrogens with zero attached hydrogens (tertiary/aromatic N) is 1. The average Bonchev–Trinajstić information content (AvgIpc) is 2.31. The van der Waals surface area contributed by atoms with Crippen LogP contribution in [-0.2, 0) is 14.2 Å². The molecule has 17 heavy (non-hydrogen) atoms. The molecule has 0 fully saturated rings. The zero-order valence-electron chi connectivity index (χ0n) is 11.3. The Hall–Kier alpha value is -0.630. The quantitative estimate of drug-likeness (QED) is 0.523. The van der Waals surface area contributed by atoms with E-state index in [-0.39, 0.29) is 5.41 Å². The first-order valence-corrected chi connectivity index (χ1v) is 6.18. The topological polar surface area (TPSA) is 51.5 Å². The molecule has 0 aromatic rings. The van der Waals surface area contributed by atoms with Gasteiger partial charge in [-0.15, -0.1) is 0 Å². The molecule has 0 saturated carbocycles. The predicted octanol–water partition coefficient (Wildman–Crippen LogP) is 2.39. The average molecular weight is 243 g/mol. The minimum absolute atomic E-state index is 0.236. The van der Waals surface area contributed by atoms with Crippen LogP contribution in [0, 0.1) is 16.7 Å². The van der Waals surface area contributed by atoms with Gasteiger partial charge in [0.25, 0.3) is 0 Å². The van der Waals surface area contributed by atoms with Gasteiger partial charge in [-0.1, -0.05) is 0 Å². The van der Waals surface area contributed by atoms with E-state index >= 15 is 0 Å². The normalized spacial score (nSPS) is 11.4. The van der Waals surface area contributed by atoms with Crippen molar-refractivity contribution in [1.82, 2.24) is 0 Å². The van der Waals surface area contributed by atoms with Crippen LogP contribution in [-0.4, -0.2) is 40.1 Å². The first kappa shape index (κ1) is 16.4. The summed E-state index contributed by atoms with van der Waals surface area (Å²) in [6.45, 7) is 7.32. The number of methoxy groups -OCH3 is 1. The lowest BCUT2D eigenvalue weighted by molar-refractivity contribution is 0.0375. The fourth-order valence-corrected chi connectivity index (χ4v) is 1.30. The van der Waals surface area contributed by atoms with Gasteiger partial charge in [0.15, 0.2) is 0 Å². The second kappa shape index (κ2) is 10.5. The van der Waals surface area contributed by atoms with Crippen LogP contribution in [0.4, 0.5) is 0 Å². The first-order valence-electron chi connectivity index (χ1n) is 6.18. The molecule has 0 radical (unpaired) electrons. The van der Waals surface area contributed by atoms with Gasteiger partial charge in [0.1, 0.15) is 0 Å². The monoisotopic (exact) mass is 243 g/mol. The fraction of sp³-hybridized carbons (Fsp3) is 0.923. The van der Waals surface area contributed by atoms with Crippen LogP contribution in [0.25, 0.3) is 0 Å². The molecule has 0 atom stereocenters. The van der Waals surface area contributed by atoms with Gasteiger partial charge in [0, 0.05) is 26.9 Å². The van der Waals surface area contributed by atoms with E-state index < -0.39 is 0 Å². The summed E-state index contributed by atoms with van der Waals surface area (Å²) in [5, 5.41) is 8.82. The van der Waals surface area contributed by atoms with Gasteiger partial charge < -0.3 is 14.2 Å². The van der Waals surface area contributed by atoms with Crippen molar-refractivity contribution < 1.29 is 14.2 Å². The fourth-order valence-electron chi connectivity index (χ4n) is 1.30. The SMILES string of the molecule is COCCCOCCOCCCC(C)(C)C#N. The van der Waals surface area contributed by atoms with E-state index in [4.69, 9.17) is 19.5 Å². The maximum absolute atomic E-state index is 8.82.